The van der Waals surface area contributed by atoms with Crippen LogP contribution in [0.2, 0.25) is 0 Å². The Morgan fingerprint density at radius 3 is 2.57 bits per heavy atom. The lowest BCUT2D eigenvalue weighted by Crippen LogP contribution is -2.39. The van der Waals surface area contributed by atoms with Crippen molar-refractivity contribution in [3.8, 4) is 11.5 Å². The lowest BCUT2D eigenvalue weighted by molar-refractivity contribution is -0.384. The Morgan fingerprint density at radius 1 is 1.07 bits per heavy atom. The molecule has 0 atom stereocenters. The number of fused-ring (bicyclic) bond motifs is 1. The van der Waals surface area contributed by atoms with Crippen molar-refractivity contribution in [1.82, 2.24) is 5.32 Å². The first-order valence-corrected chi connectivity index (χ1v) is 9.50. The van der Waals surface area contributed by atoms with Crippen LogP contribution in [-0.2, 0) is 5.41 Å². The molecule has 0 unspecified atom stereocenters. The molecule has 146 valence electrons. The summed E-state index contributed by atoms with van der Waals surface area (Å²) in [5, 5.41) is 13.9. The Hall–Kier alpha value is -3.09. The number of non-ortho nitro benzene ring substituents is 1. The van der Waals surface area contributed by atoms with E-state index in [9.17, 15) is 14.9 Å². The number of nitro groups is 1. The van der Waals surface area contributed by atoms with Crippen molar-refractivity contribution < 1.29 is 19.2 Å². The molecule has 4 rings (SSSR count). The smallest absolute Gasteiger partial charge is 0.270 e. The molecule has 2 aromatic rings. The third-order valence-corrected chi connectivity index (χ3v) is 5.62. The molecule has 28 heavy (non-hydrogen) atoms. The van der Waals surface area contributed by atoms with Crippen LogP contribution in [0, 0.1) is 10.1 Å². The quantitative estimate of drug-likeness (QED) is 0.630. The average Bonchev–Trinajstić information content (AvgIpc) is 3.22. The number of hydrogen-bond acceptors (Lipinski definition) is 5. The zero-order valence-corrected chi connectivity index (χ0v) is 15.5. The van der Waals surface area contributed by atoms with E-state index in [0.29, 0.717) is 25.3 Å². The number of rotatable bonds is 5. The topological polar surface area (TPSA) is 90.7 Å². The molecule has 7 heteroatoms. The molecule has 1 aliphatic heterocycles. The number of benzene rings is 2. The predicted molar refractivity (Wildman–Crippen MR) is 103 cm³/mol. The van der Waals surface area contributed by atoms with E-state index < -0.39 is 4.92 Å². The van der Waals surface area contributed by atoms with Gasteiger partial charge in [-0.1, -0.05) is 25.0 Å². The van der Waals surface area contributed by atoms with E-state index in [4.69, 9.17) is 9.47 Å². The summed E-state index contributed by atoms with van der Waals surface area (Å²) >= 11 is 0. The highest BCUT2D eigenvalue weighted by molar-refractivity contribution is 5.94. The maximum Gasteiger partial charge on any atom is 0.270 e. The second-order valence-electron chi connectivity index (χ2n) is 7.34. The van der Waals surface area contributed by atoms with Crippen molar-refractivity contribution in [2.24, 2.45) is 0 Å². The number of amides is 1. The lowest BCUT2D eigenvalue weighted by atomic mass is 9.78. The molecule has 1 N–H and O–H groups in total. The van der Waals surface area contributed by atoms with Crippen molar-refractivity contribution in [2.45, 2.75) is 31.1 Å². The fourth-order valence-electron chi connectivity index (χ4n) is 4.10. The Bertz CT molecular complexity index is 905. The number of hydrogen-bond donors (Lipinski definition) is 1. The van der Waals surface area contributed by atoms with Gasteiger partial charge in [0, 0.05) is 29.7 Å². The average molecular weight is 382 g/mol. The number of carbonyl (C=O) groups excluding carboxylic acids is 1. The SMILES string of the molecule is O=C(NCC1(c2ccc3c(c2)OCCO3)CCCC1)c1cccc([N+](=O)[O-])c1. The van der Waals surface area contributed by atoms with Crippen LogP contribution in [0.1, 0.15) is 41.6 Å². The minimum atomic E-state index is -0.496. The van der Waals surface area contributed by atoms with Gasteiger partial charge in [-0.15, -0.1) is 0 Å². The summed E-state index contributed by atoms with van der Waals surface area (Å²) in [6.45, 7) is 1.57. The van der Waals surface area contributed by atoms with Crippen molar-refractivity contribution >= 4 is 11.6 Å². The van der Waals surface area contributed by atoms with Gasteiger partial charge in [0.25, 0.3) is 11.6 Å². The molecule has 0 spiro atoms. The first-order valence-electron chi connectivity index (χ1n) is 9.50. The molecule has 1 fully saturated rings. The number of carbonyl (C=O) groups is 1. The van der Waals surface area contributed by atoms with Crippen LogP contribution in [0.15, 0.2) is 42.5 Å². The summed E-state index contributed by atoms with van der Waals surface area (Å²) in [4.78, 5) is 23.1. The maximum absolute atomic E-state index is 12.6. The molecule has 0 bridgehead atoms. The Kier molecular flexibility index (Phi) is 4.90. The number of nitrogens with one attached hydrogen (secondary N) is 1. The second-order valence-corrected chi connectivity index (χ2v) is 7.34. The van der Waals surface area contributed by atoms with Crippen molar-refractivity contribution in [3.05, 3.63) is 63.7 Å². The van der Waals surface area contributed by atoms with E-state index in [-0.39, 0.29) is 17.0 Å². The summed E-state index contributed by atoms with van der Waals surface area (Å²) in [6.07, 6.45) is 4.14. The third kappa shape index (κ3) is 3.52. The highest BCUT2D eigenvalue weighted by atomic mass is 16.6. The van der Waals surface area contributed by atoms with Crippen LogP contribution in [-0.4, -0.2) is 30.6 Å². The molecule has 1 aliphatic carbocycles. The summed E-state index contributed by atoms with van der Waals surface area (Å²) in [5.74, 6) is 1.20. The molecular weight excluding hydrogens is 360 g/mol. The van der Waals surface area contributed by atoms with Gasteiger partial charge in [-0.05, 0) is 36.6 Å². The van der Waals surface area contributed by atoms with E-state index in [2.05, 4.69) is 11.4 Å². The Balaban J connectivity index is 1.53. The normalized spacial score (nSPS) is 17.1. The van der Waals surface area contributed by atoms with Crippen molar-refractivity contribution in [2.75, 3.05) is 19.8 Å². The van der Waals surface area contributed by atoms with Crippen LogP contribution < -0.4 is 14.8 Å². The predicted octanol–water partition coefficient (Wildman–Crippen LogP) is 3.61. The van der Waals surface area contributed by atoms with E-state index in [1.807, 2.05) is 12.1 Å². The summed E-state index contributed by atoms with van der Waals surface area (Å²) < 4.78 is 11.3. The first-order chi connectivity index (χ1) is 13.6. The zero-order chi connectivity index (χ0) is 19.6. The monoisotopic (exact) mass is 382 g/mol. The first kappa shape index (κ1) is 18.3. The second kappa shape index (κ2) is 7.50. The Labute approximate surface area is 162 Å². The molecule has 0 radical (unpaired) electrons. The fourth-order valence-corrected chi connectivity index (χ4v) is 4.10. The van der Waals surface area contributed by atoms with Gasteiger partial charge in [-0.3, -0.25) is 14.9 Å². The lowest BCUT2D eigenvalue weighted by Gasteiger charge is -2.31. The van der Waals surface area contributed by atoms with Gasteiger partial charge < -0.3 is 14.8 Å². The minimum absolute atomic E-state index is 0.0879. The van der Waals surface area contributed by atoms with Gasteiger partial charge in [0.1, 0.15) is 13.2 Å². The summed E-state index contributed by atoms with van der Waals surface area (Å²) in [5.41, 5.74) is 1.18. The largest absolute Gasteiger partial charge is 0.486 e. The minimum Gasteiger partial charge on any atom is -0.486 e. The van der Waals surface area contributed by atoms with E-state index >= 15 is 0 Å². The molecule has 7 nitrogen and oxygen atoms in total. The number of ether oxygens (including phenoxy) is 2. The van der Waals surface area contributed by atoms with Gasteiger partial charge in [0.05, 0.1) is 4.92 Å². The van der Waals surface area contributed by atoms with E-state index in [1.165, 1.54) is 18.2 Å². The summed E-state index contributed by atoms with van der Waals surface area (Å²) in [7, 11) is 0. The van der Waals surface area contributed by atoms with Crippen LogP contribution >= 0.6 is 0 Å². The highest BCUT2D eigenvalue weighted by Gasteiger charge is 2.37. The van der Waals surface area contributed by atoms with E-state index in [1.54, 1.807) is 6.07 Å². The number of nitrogens with zero attached hydrogens (tertiary/aromatic N) is 1. The van der Waals surface area contributed by atoms with Crippen LogP contribution in [0.3, 0.4) is 0 Å². The molecule has 2 aromatic carbocycles. The Morgan fingerprint density at radius 2 is 1.82 bits per heavy atom. The van der Waals surface area contributed by atoms with Gasteiger partial charge >= 0.3 is 0 Å². The molecule has 0 aromatic heterocycles. The molecule has 2 aliphatic rings. The van der Waals surface area contributed by atoms with Gasteiger partial charge in [0.15, 0.2) is 11.5 Å². The molecular formula is C21H22N2O5. The zero-order valence-electron chi connectivity index (χ0n) is 15.5. The van der Waals surface area contributed by atoms with Gasteiger partial charge in [0.2, 0.25) is 0 Å². The highest BCUT2D eigenvalue weighted by Crippen LogP contribution is 2.43. The third-order valence-electron chi connectivity index (χ3n) is 5.62. The van der Waals surface area contributed by atoms with Crippen molar-refractivity contribution in [1.29, 1.82) is 0 Å². The number of nitro benzene ring substituents is 1. The van der Waals surface area contributed by atoms with Crippen LogP contribution in [0.5, 0.6) is 11.5 Å². The van der Waals surface area contributed by atoms with Gasteiger partial charge in [-0.25, -0.2) is 0 Å². The maximum atomic E-state index is 12.6. The molecule has 1 heterocycles. The van der Waals surface area contributed by atoms with Crippen LogP contribution in [0.25, 0.3) is 0 Å². The summed E-state index contributed by atoms with van der Waals surface area (Å²) in [6, 6.07) is 11.8. The molecule has 1 amide bonds. The fraction of sp³-hybridized carbons (Fsp3) is 0.381. The van der Waals surface area contributed by atoms with E-state index in [0.717, 1.165) is 42.7 Å². The standard InChI is InChI=1S/C21H22N2O5/c24-20(15-4-3-5-17(12-15)23(25)26)22-14-21(8-1-2-9-21)16-6-7-18-19(13-16)28-11-10-27-18/h3-7,12-13H,1-2,8-11,14H2,(H,22,24). The van der Waals surface area contributed by atoms with Crippen LogP contribution in [0.4, 0.5) is 5.69 Å². The van der Waals surface area contributed by atoms with Crippen molar-refractivity contribution in [3.63, 3.8) is 0 Å². The molecule has 0 saturated heterocycles. The molecule has 1 saturated carbocycles. The van der Waals surface area contributed by atoms with Gasteiger partial charge in [-0.2, -0.15) is 0 Å².